The van der Waals surface area contributed by atoms with Gasteiger partial charge in [0.1, 0.15) is 11.5 Å². The third kappa shape index (κ3) is 9.11. The zero-order valence-corrected chi connectivity index (χ0v) is 50.8. The van der Waals surface area contributed by atoms with Crippen LogP contribution in [0.4, 0.5) is 34.1 Å². The van der Waals surface area contributed by atoms with Gasteiger partial charge in [0, 0.05) is 57.8 Å². The molecule has 16 heteroatoms. The predicted octanol–water partition coefficient (Wildman–Crippen LogP) is 16.7. The maximum Gasteiger partial charge on any atom is 2.00 e. The van der Waals surface area contributed by atoms with Crippen molar-refractivity contribution in [1.82, 2.24) is 48.3 Å². The number of benzene rings is 10. The zero-order chi connectivity index (χ0) is 56.7. The van der Waals surface area contributed by atoms with Crippen LogP contribution in [0.3, 0.4) is 0 Å². The summed E-state index contributed by atoms with van der Waals surface area (Å²) in [4.78, 5) is 4.25. The second-order valence-electron chi connectivity index (χ2n) is 20.7. The molecule has 0 amide bonds. The molecule has 0 N–H and O–H groups in total. The van der Waals surface area contributed by atoms with Crippen LogP contribution in [0.5, 0.6) is 23.0 Å². The van der Waals surface area contributed by atoms with Crippen molar-refractivity contribution in [1.29, 1.82) is 0 Å². The van der Waals surface area contributed by atoms with Gasteiger partial charge in [-0.15, -0.1) is 72.8 Å². The van der Waals surface area contributed by atoms with E-state index < -0.39 is 0 Å². The van der Waals surface area contributed by atoms with E-state index in [4.69, 9.17) is 19.7 Å². The van der Waals surface area contributed by atoms with Crippen molar-refractivity contribution < 1.29 is 51.6 Å². The summed E-state index contributed by atoms with van der Waals surface area (Å²) >= 11 is 0. The number of hydrogen-bond acceptors (Lipinski definition) is 8. The molecular formula is C72H44N12O2Pt2. The van der Waals surface area contributed by atoms with Gasteiger partial charge >= 0.3 is 42.1 Å². The molecule has 10 aromatic carbocycles. The molecule has 16 aromatic rings. The van der Waals surface area contributed by atoms with Gasteiger partial charge in [0.2, 0.25) is 0 Å². The van der Waals surface area contributed by atoms with E-state index in [1.165, 1.54) is 21.5 Å². The molecule has 18 rings (SSSR count). The van der Waals surface area contributed by atoms with E-state index >= 15 is 0 Å². The number of nitrogens with zero attached hydrogens (tertiary/aromatic N) is 12. The van der Waals surface area contributed by atoms with Crippen LogP contribution in [0.2, 0.25) is 0 Å². The summed E-state index contributed by atoms with van der Waals surface area (Å²) in [5.41, 5.74) is 14.9. The van der Waals surface area contributed by atoms with Gasteiger partial charge in [-0.3, -0.25) is 18.7 Å². The van der Waals surface area contributed by atoms with Gasteiger partial charge in [0.25, 0.3) is 0 Å². The van der Waals surface area contributed by atoms with Gasteiger partial charge in [-0.2, -0.15) is 32.5 Å². The minimum absolute atomic E-state index is 0. The third-order valence-electron chi connectivity index (χ3n) is 15.7. The number of ether oxygens (including phenoxy) is 2. The van der Waals surface area contributed by atoms with Crippen molar-refractivity contribution in [2.24, 2.45) is 0 Å². The Labute approximate surface area is 533 Å². The summed E-state index contributed by atoms with van der Waals surface area (Å²) in [5, 5.41) is 23.2. The summed E-state index contributed by atoms with van der Waals surface area (Å²) in [5.74, 6) is 2.94. The number of rotatable bonds is 8. The Morgan fingerprint density at radius 2 is 0.659 bits per heavy atom. The maximum atomic E-state index is 6.34. The smallest absolute Gasteiger partial charge is 0.513 e. The molecule has 0 atom stereocenters. The van der Waals surface area contributed by atoms with Crippen LogP contribution in [0.15, 0.2) is 268 Å². The molecule has 0 spiro atoms. The van der Waals surface area contributed by atoms with E-state index in [1.54, 1.807) is 21.8 Å². The molecule has 424 valence electrons. The number of anilines is 6. The van der Waals surface area contributed by atoms with E-state index in [0.29, 0.717) is 11.5 Å². The second-order valence-corrected chi connectivity index (χ2v) is 20.7. The van der Waals surface area contributed by atoms with Crippen molar-refractivity contribution >= 4 is 77.7 Å². The first-order valence-electron chi connectivity index (χ1n) is 28.0. The van der Waals surface area contributed by atoms with Crippen molar-refractivity contribution in [2.75, 3.05) is 9.80 Å². The molecule has 8 heterocycles. The molecular weight excluding hydrogens is 1460 g/mol. The minimum atomic E-state index is 0. The Hall–Kier alpha value is -10.8. The Bertz CT molecular complexity index is 5110. The quantitative estimate of drug-likeness (QED) is 0.139. The van der Waals surface area contributed by atoms with Gasteiger partial charge < -0.3 is 28.4 Å². The minimum Gasteiger partial charge on any atom is -0.513 e. The first-order chi connectivity index (χ1) is 42.6. The summed E-state index contributed by atoms with van der Waals surface area (Å²) in [6, 6.07) is 88.0. The van der Waals surface area contributed by atoms with Gasteiger partial charge in [-0.1, -0.05) is 108 Å². The van der Waals surface area contributed by atoms with Gasteiger partial charge in [0.15, 0.2) is 0 Å². The van der Waals surface area contributed by atoms with Crippen LogP contribution >= 0.6 is 0 Å². The summed E-state index contributed by atoms with van der Waals surface area (Å²) in [7, 11) is 0. The SMILES string of the molecule is [Pt+2].[Pt+2].[c-]1c(N2c3[c-]c(-n4cc(-n5c6ccccc6c6ccccc65)cn4)ccc3Oc3ccccc32)cccc1-n1cccn1.[c-]1c(N2c3[c-]c(-n4cccn4)ccc3Oc3ccccc32)cccc1-n1cc(-n2c3ccccc3c3ccccc32)cn1. The van der Waals surface area contributed by atoms with Crippen molar-refractivity contribution in [3.05, 3.63) is 292 Å². The molecule has 0 saturated carbocycles. The molecule has 14 nitrogen and oxygen atoms in total. The summed E-state index contributed by atoms with van der Waals surface area (Å²) < 4.78 is 24.5. The first kappa shape index (κ1) is 53.9. The van der Waals surface area contributed by atoms with Crippen molar-refractivity contribution in [3.63, 3.8) is 0 Å². The van der Waals surface area contributed by atoms with E-state index in [9.17, 15) is 0 Å². The molecule has 0 aliphatic carbocycles. The molecule has 0 saturated heterocycles. The van der Waals surface area contributed by atoms with Crippen LogP contribution in [-0.4, -0.2) is 48.3 Å². The molecule has 0 radical (unpaired) electrons. The Balaban J connectivity index is 0.000000144. The maximum absolute atomic E-state index is 6.34. The van der Waals surface area contributed by atoms with Gasteiger partial charge in [-0.25, -0.2) is 0 Å². The summed E-state index contributed by atoms with van der Waals surface area (Å²) in [6.07, 6.45) is 15.2. The van der Waals surface area contributed by atoms with Crippen LogP contribution in [0.1, 0.15) is 0 Å². The standard InChI is InChI=1S/2C36H22N6O.2Pt/c1-3-13-31-29(11-1)30-12-2-4-14-32(30)42(31)28-23-38-40(24-28)25-9-7-10-27(21-25)41-33-15-5-6-16-35(33)43-36-18-17-26(22-34(36)41)39-20-8-19-37-39;1-3-13-31-29(11-1)30-12-2-4-14-32(30)42(31)28-23-38-40(24-28)26-17-18-36-34(22-26)41(33-15-5-6-16-35(33)43-36)27-10-7-9-25(21-27)39-20-8-19-37-39;;/h2*1-20,23-24H;;/q2*-2;2*+2. The fourth-order valence-electron chi connectivity index (χ4n) is 11.9. The van der Waals surface area contributed by atoms with Gasteiger partial charge in [-0.05, 0) is 94.8 Å². The molecule has 0 unspecified atom stereocenters. The number of aromatic nitrogens is 10. The Kier molecular flexibility index (Phi) is 13.6. The van der Waals surface area contributed by atoms with Crippen LogP contribution < -0.4 is 19.3 Å². The molecule has 2 aliphatic heterocycles. The number of fused-ring (bicyclic) bond motifs is 10. The summed E-state index contributed by atoms with van der Waals surface area (Å²) in [6.45, 7) is 0. The fourth-order valence-corrected chi connectivity index (χ4v) is 11.9. The molecule has 6 aromatic heterocycles. The topological polar surface area (TPSA) is 106 Å². The van der Waals surface area contributed by atoms with E-state index in [0.717, 1.165) is 102 Å². The average Bonchev–Trinajstić information content (AvgIpc) is 1.24. The molecule has 0 fully saturated rings. The third-order valence-corrected chi connectivity index (χ3v) is 15.7. The normalized spacial score (nSPS) is 12.0. The Morgan fingerprint density at radius 3 is 1.08 bits per heavy atom. The number of hydrogen-bond donors (Lipinski definition) is 0. The average molecular weight is 1500 g/mol. The predicted molar refractivity (Wildman–Crippen MR) is 335 cm³/mol. The van der Waals surface area contributed by atoms with Gasteiger partial charge in [0.05, 0.1) is 69.6 Å². The largest absolute Gasteiger partial charge is 2.00 e. The van der Waals surface area contributed by atoms with Crippen LogP contribution in [0.25, 0.3) is 77.7 Å². The Morgan fingerprint density at radius 1 is 0.295 bits per heavy atom. The fraction of sp³-hybridized carbons (Fsp3) is 0. The second kappa shape index (κ2) is 22.2. The monoisotopic (exact) mass is 1500 g/mol. The van der Waals surface area contributed by atoms with Crippen LogP contribution in [0, 0.1) is 24.3 Å². The molecule has 0 bridgehead atoms. The van der Waals surface area contributed by atoms with E-state index in [1.807, 2.05) is 162 Å². The van der Waals surface area contributed by atoms with Crippen molar-refractivity contribution in [2.45, 2.75) is 0 Å². The van der Waals surface area contributed by atoms with Crippen LogP contribution in [-0.2, 0) is 42.1 Å². The van der Waals surface area contributed by atoms with E-state index in [-0.39, 0.29) is 42.1 Å². The first-order valence-corrected chi connectivity index (χ1v) is 28.0. The molecule has 88 heavy (non-hydrogen) atoms. The number of para-hydroxylation sites is 8. The zero-order valence-electron chi connectivity index (χ0n) is 46.2. The van der Waals surface area contributed by atoms with E-state index in [2.05, 4.69) is 157 Å². The molecule has 2 aliphatic rings. The van der Waals surface area contributed by atoms with Crippen molar-refractivity contribution in [3.8, 4) is 57.1 Å².